The van der Waals surface area contributed by atoms with Crippen molar-refractivity contribution in [1.29, 1.82) is 0 Å². The van der Waals surface area contributed by atoms with E-state index in [0.717, 1.165) is 16.9 Å². The molecule has 3 rings (SSSR count). The summed E-state index contributed by atoms with van der Waals surface area (Å²) in [7, 11) is -1.86. The van der Waals surface area contributed by atoms with E-state index in [9.17, 15) is 8.42 Å². The fourth-order valence-corrected chi connectivity index (χ4v) is 4.20. The van der Waals surface area contributed by atoms with E-state index in [1.165, 1.54) is 0 Å². The minimum Gasteiger partial charge on any atom is -0.273 e. The van der Waals surface area contributed by atoms with Gasteiger partial charge in [0.25, 0.3) is 0 Å². The molecule has 0 atom stereocenters. The summed E-state index contributed by atoms with van der Waals surface area (Å²) in [6.07, 6.45) is 1.67. The Bertz CT molecular complexity index is 1000. The quantitative estimate of drug-likeness (QED) is 0.755. The van der Waals surface area contributed by atoms with Crippen LogP contribution < -0.4 is 4.72 Å². The van der Waals surface area contributed by atoms with Gasteiger partial charge in [0.05, 0.1) is 23.3 Å². The molecule has 8 heteroatoms. The molecule has 1 N–H and O–H groups in total. The molecule has 0 amide bonds. The van der Waals surface area contributed by atoms with Gasteiger partial charge in [-0.15, -0.1) is 0 Å². The van der Waals surface area contributed by atoms with E-state index in [2.05, 4.69) is 14.9 Å². The molecule has 0 unspecified atom stereocenters. The summed E-state index contributed by atoms with van der Waals surface area (Å²) in [5.74, 6) is 0. The minimum atomic E-state index is -3.68. The number of nitrogens with zero attached hydrogens (tertiary/aromatic N) is 4. The summed E-state index contributed by atoms with van der Waals surface area (Å²) in [6.45, 7) is 5.56. The van der Waals surface area contributed by atoms with Crippen molar-refractivity contribution < 1.29 is 8.42 Å². The summed E-state index contributed by atoms with van der Waals surface area (Å²) < 4.78 is 31.7. The molecule has 1 aromatic carbocycles. The van der Waals surface area contributed by atoms with Crippen molar-refractivity contribution in [2.24, 2.45) is 7.05 Å². The Morgan fingerprint density at radius 1 is 1.08 bits per heavy atom. The van der Waals surface area contributed by atoms with Crippen molar-refractivity contribution in [3.8, 4) is 5.69 Å². The summed E-state index contributed by atoms with van der Waals surface area (Å²) in [4.78, 5) is 0.220. The second kappa shape index (κ2) is 6.45. The molecule has 0 aliphatic carbocycles. The molecule has 0 saturated heterocycles. The van der Waals surface area contributed by atoms with Crippen LogP contribution in [0.25, 0.3) is 5.69 Å². The first-order chi connectivity index (χ1) is 11.8. The average Bonchev–Trinajstić information content (AvgIpc) is 3.06. The molecule has 3 aromatic rings. The molecule has 0 radical (unpaired) electrons. The van der Waals surface area contributed by atoms with Gasteiger partial charge >= 0.3 is 0 Å². The fourth-order valence-electron chi connectivity index (χ4n) is 2.80. The van der Waals surface area contributed by atoms with E-state index in [-0.39, 0.29) is 11.4 Å². The number of nitrogens with one attached hydrogen (secondary N) is 1. The molecule has 2 heterocycles. The normalized spacial score (nSPS) is 11.8. The van der Waals surface area contributed by atoms with E-state index in [1.807, 2.05) is 44.3 Å². The van der Waals surface area contributed by atoms with Crippen LogP contribution in [0.5, 0.6) is 0 Å². The summed E-state index contributed by atoms with van der Waals surface area (Å²) >= 11 is 0. The van der Waals surface area contributed by atoms with Gasteiger partial charge in [-0.2, -0.15) is 10.2 Å². The predicted molar refractivity (Wildman–Crippen MR) is 95.0 cm³/mol. The van der Waals surface area contributed by atoms with Crippen LogP contribution in [0.4, 0.5) is 0 Å². The molecule has 7 nitrogen and oxygen atoms in total. The number of aryl methyl sites for hydroxylation is 2. The average molecular weight is 359 g/mol. The molecule has 0 saturated carbocycles. The number of hydrogen-bond acceptors (Lipinski definition) is 4. The lowest BCUT2D eigenvalue weighted by Gasteiger charge is -2.08. The number of sulfonamides is 1. The van der Waals surface area contributed by atoms with Gasteiger partial charge in [0.15, 0.2) is 0 Å². The van der Waals surface area contributed by atoms with Gasteiger partial charge in [0.1, 0.15) is 4.90 Å². The van der Waals surface area contributed by atoms with Crippen LogP contribution in [0, 0.1) is 20.8 Å². The zero-order valence-corrected chi connectivity index (χ0v) is 15.5. The van der Waals surface area contributed by atoms with Gasteiger partial charge in [0.2, 0.25) is 10.0 Å². The first-order valence-corrected chi connectivity index (χ1v) is 9.38. The third-order valence-corrected chi connectivity index (χ3v) is 5.94. The highest BCUT2D eigenvalue weighted by atomic mass is 32.2. The number of aromatic nitrogens is 4. The molecule has 0 fully saturated rings. The molecular formula is C17H21N5O2S. The van der Waals surface area contributed by atoms with Crippen molar-refractivity contribution in [2.45, 2.75) is 32.2 Å². The Hall–Kier alpha value is -2.45. The van der Waals surface area contributed by atoms with E-state index < -0.39 is 10.0 Å². The maximum Gasteiger partial charge on any atom is 0.244 e. The predicted octanol–water partition coefficient (Wildman–Crippen LogP) is 2.01. The number of hydrogen-bond donors (Lipinski definition) is 1. The van der Waals surface area contributed by atoms with Crippen LogP contribution in [0.1, 0.15) is 22.6 Å². The standard InChI is InChI=1S/C17H21N5O2S/c1-12-17(14(3)22(20-12)16-8-6-5-7-9-16)25(23,24)19-11-15-10-18-21(4)13(15)2/h5-10,19H,11H2,1-4H3. The Morgan fingerprint density at radius 2 is 1.76 bits per heavy atom. The van der Waals surface area contributed by atoms with Crippen LogP contribution in [0.15, 0.2) is 41.4 Å². The topological polar surface area (TPSA) is 81.8 Å². The Morgan fingerprint density at radius 3 is 2.36 bits per heavy atom. The van der Waals surface area contributed by atoms with Gasteiger partial charge in [0, 0.05) is 24.8 Å². The number of benzene rings is 1. The lowest BCUT2D eigenvalue weighted by Crippen LogP contribution is -2.24. The van der Waals surface area contributed by atoms with Crippen LogP contribution in [-0.4, -0.2) is 28.0 Å². The Balaban J connectivity index is 1.92. The van der Waals surface area contributed by atoms with Crippen molar-refractivity contribution in [2.75, 3.05) is 0 Å². The third kappa shape index (κ3) is 3.22. The largest absolute Gasteiger partial charge is 0.273 e. The maximum absolute atomic E-state index is 12.8. The lowest BCUT2D eigenvalue weighted by atomic mass is 10.3. The lowest BCUT2D eigenvalue weighted by molar-refractivity contribution is 0.579. The summed E-state index contributed by atoms with van der Waals surface area (Å²) in [5, 5.41) is 8.54. The Labute approximate surface area is 147 Å². The van der Waals surface area contributed by atoms with E-state index >= 15 is 0 Å². The van der Waals surface area contributed by atoms with Crippen LogP contribution in [-0.2, 0) is 23.6 Å². The fraction of sp³-hybridized carbons (Fsp3) is 0.294. The van der Waals surface area contributed by atoms with Crippen molar-refractivity contribution in [3.05, 3.63) is 59.2 Å². The maximum atomic E-state index is 12.8. The number of rotatable bonds is 5. The van der Waals surface area contributed by atoms with Gasteiger partial charge in [-0.05, 0) is 32.9 Å². The second-order valence-electron chi connectivity index (χ2n) is 5.95. The molecule has 0 aliphatic heterocycles. The van der Waals surface area contributed by atoms with Gasteiger partial charge in [-0.1, -0.05) is 18.2 Å². The molecule has 0 spiro atoms. The molecule has 0 aliphatic rings. The molecule has 0 bridgehead atoms. The van der Waals surface area contributed by atoms with E-state index in [0.29, 0.717) is 11.4 Å². The first-order valence-electron chi connectivity index (χ1n) is 7.90. The van der Waals surface area contributed by atoms with Crippen molar-refractivity contribution in [3.63, 3.8) is 0 Å². The van der Waals surface area contributed by atoms with Crippen LogP contribution in [0.3, 0.4) is 0 Å². The molecular weight excluding hydrogens is 338 g/mol. The van der Waals surface area contributed by atoms with Crippen LogP contribution in [0.2, 0.25) is 0 Å². The highest BCUT2D eigenvalue weighted by Crippen LogP contribution is 2.22. The summed E-state index contributed by atoms with van der Waals surface area (Å²) in [6, 6.07) is 9.47. The highest BCUT2D eigenvalue weighted by Gasteiger charge is 2.25. The van der Waals surface area contributed by atoms with Gasteiger partial charge in [-0.25, -0.2) is 17.8 Å². The minimum absolute atomic E-state index is 0.192. The highest BCUT2D eigenvalue weighted by molar-refractivity contribution is 7.89. The smallest absolute Gasteiger partial charge is 0.244 e. The zero-order chi connectivity index (χ0) is 18.2. The first kappa shape index (κ1) is 17.4. The van der Waals surface area contributed by atoms with E-state index in [4.69, 9.17) is 0 Å². The monoisotopic (exact) mass is 359 g/mol. The second-order valence-corrected chi connectivity index (χ2v) is 7.65. The third-order valence-electron chi connectivity index (χ3n) is 4.28. The van der Waals surface area contributed by atoms with Gasteiger partial charge in [-0.3, -0.25) is 4.68 Å². The van der Waals surface area contributed by atoms with E-state index in [1.54, 1.807) is 29.4 Å². The van der Waals surface area contributed by atoms with Crippen LogP contribution >= 0.6 is 0 Å². The molecule has 132 valence electrons. The number of para-hydroxylation sites is 1. The Kier molecular flexibility index (Phi) is 4.49. The zero-order valence-electron chi connectivity index (χ0n) is 14.7. The summed E-state index contributed by atoms with van der Waals surface area (Å²) in [5.41, 5.74) is 3.65. The van der Waals surface area contributed by atoms with Crippen molar-refractivity contribution >= 4 is 10.0 Å². The SMILES string of the molecule is Cc1nn(-c2ccccc2)c(C)c1S(=O)(=O)NCc1cnn(C)c1C. The van der Waals surface area contributed by atoms with Gasteiger partial charge < -0.3 is 0 Å². The molecule has 25 heavy (non-hydrogen) atoms. The van der Waals surface area contributed by atoms with Crippen molar-refractivity contribution in [1.82, 2.24) is 24.3 Å². The molecule has 2 aromatic heterocycles.